The molecule has 0 fully saturated rings. The summed E-state index contributed by atoms with van der Waals surface area (Å²) in [4.78, 5) is 0. The molecule has 0 atom stereocenters. The summed E-state index contributed by atoms with van der Waals surface area (Å²) in [6, 6.07) is 11.6. The molecule has 26 heavy (non-hydrogen) atoms. The van der Waals surface area contributed by atoms with Gasteiger partial charge in [-0.25, -0.2) is 4.68 Å². The molecule has 132 valence electrons. The predicted molar refractivity (Wildman–Crippen MR) is 99.6 cm³/mol. The van der Waals surface area contributed by atoms with Crippen LogP contribution in [-0.2, 0) is 5.75 Å². The van der Waals surface area contributed by atoms with Crippen LogP contribution in [0.4, 0.5) is 0 Å². The van der Waals surface area contributed by atoms with Crippen LogP contribution in [0, 0.1) is 13.8 Å². The molecule has 0 N–H and O–H groups in total. The Bertz CT molecular complexity index is 1040. The molecule has 0 saturated heterocycles. The van der Waals surface area contributed by atoms with Crippen molar-refractivity contribution in [3.8, 4) is 17.1 Å². The number of benzene rings is 1. The van der Waals surface area contributed by atoms with Gasteiger partial charge in [0.1, 0.15) is 10.9 Å². The van der Waals surface area contributed by atoms with E-state index in [9.17, 15) is 0 Å². The van der Waals surface area contributed by atoms with E-state index >= 15 is 0 Å². The summed E-state index contributed by atoms with van der Waals surface area (Å²) in [5.74, 6) is 1.78. The van der Waals surface area contributed by atoms with E-state index in [1.54, 1.807) is 10.9 Å². The van der Waals surface area contributed by atoms with Crippen LogP contribution in [0.3, 0.4) is 0 Å². The van der Waals surface area contributed by atoms with E-state index in [-0.39, 0.29) is 0 Å². The Balaban J connectivity index is 1.53. The van der Waals surface area contributed by atoms with Crippen molar-refractivity contribution in [2.75, 3.05) is 0 Å². The maximum Gasteiger partial charge on any atom is 0.277 e. The van der Waals surface area contributed by atoms with Gasteiger partial charge in [0.05, 0.1) is 23.2 Å². The lowest BCUT2D eigenvalue weighted by atomic mass is 10.3. The Labute approximate surface area is 159 Å². The molecule has 0 bridgehead atoms. The van der Waals surface area contributed by atoms with Gasteiger partial charge >= 0.3 is 0 Å². The molecule has 1 aromatic carbocycles. The van der Waals surface area contributed by atoms with Crippen molar-refractivity contribution in [3.05, 3.63) is 64.8 Å². The number of aromatic nitrogens is 4. The van der Waals surface area contributed by atoms with Crippen molar-refractivity contribution in [3.63, 3.8) is 0 Å². The topological polar surface area (TPSA) is 69.9 Å². The first-order valence-corrected chi connectivity index (χ1v) is 9.30. The zero-order chi connectivity index (χ0) is 18.1. The van der Waals surface area contributed by atoms with E-state index in [0.29, 0.717) is 22.0 Å². The molecule has 6 nitrogen and oxygen atoms in total. The number of aryl methyl sites for hydroxylation is 2. The SMILES string of the molecule is Cc1nn(-c2ccccc2)c(Cl)c1CSc1nnc(-c2ccoc2C)o1. The van der Waals surface area contributed by atoms with Crippen molar-refractivity contribution < 1.29 is 8.83 Å². The fourth-order valence-electron chi connectivity index (χ4n) is 2.55. The molecule has 3 heterocycles. The van der Waals surface area contributed by atoms with Crippen LogP contribution in [0.25, 0.3) is 17.1 Å². The first-order chi connectivity index (χ1) is 12.6. The van der Waals surface area contributed by atoms with Crippen LogP contribution in [0.15, 0.2) is 56.7 Å². The standard InChI is InChI=1S/C18H15ClN4O2S/c1-11-15(16(19)23(22-11)13-6-4-3-5-7-13)10-26-18-21-20-17(25-18)14-8-9-24-12(14)2/h3-9H,10H2,1-2H3. The summed E-state index contributed by atoms with van der Waals surface area (Å²) < 4.78 is 12.7. The quantitative estimate of drug-likeness (QED) is 0.445. The van der Waals surface area contributed by atoms with Crippen molar-refractivity contribution in [2.24, 2.45) is 0 Å². The Morgan fingerprint density at radius 2 is 1.92 bits per heavy atom. The molecule has 8 heteroatoms. The van der Waals surface area contributed by atoms with Crippen LogP contribution in [0.2, 0.25) is 5.15 Å². The summed E-state index contributed by atoms with van der Waals surface area (Å²) in [7, 11) is 0. The summed E-state index contributed by atoms with van der Waals surface area (Å²) >= 11 is 7.97. The smallest absolute Gasteiger partial charge is 0.277 e. The van der Waals surface area contributed by atoms with Crippen molar-refractivity contribution >= 4 is 23.4 Å². The maximum absolute atomic E-state index is 6.55. The lowest BCUT2D eigenvalue weighted by Crippen LogP contribution is -1.95. The van der Waals surface area contributed by atoms with Gasteiger partial charge in [-0.2, -0.15) is 5.10 Å². The van der Waals surface area contributed by atoms with E-state index in [2.05, 4.69) is 15.3 Å². The molecule has 0 aliphatic carbocycles. The number of hydrogen-bond acceptors (Lipinski definition) is 6. The average Bonchev–Trinajstić information content (AvgIpc) is 3.34. The normalized spacial score (nSPS) is 11.2. The van der Waals surface area contributed by atoms with Crippen LogP contribution >= 0.6 is 23.4 Å². The Kier molecular flexibility index (Phi) is 4.57. The molecule has 0 amide bonds. The maximum atomic E-state index is 6.55. The molecule has 0 aliphatic heterocycles. The number of thioether (sulfide) groups is 1. The van der Waals surface area contributed by atoms with E-state index in [1.165, 1.54) is 11.8 Å². The minimum absolute atomic E-state index is 0.446. The molecular formula is C18H15ClN4O2S. The van der Waals surface area contributed by atoms with E-state index in [4.69, 9.17) is 20.4 Å². The van der Waals surface area contributed by atoms with E-state index < -0.39 is 0 Å². The van der Waals surface area contributed by atoms with Gasteiger partial charge in [-0.3, -0.25) is 0 Å². The summed E-state index contributed by atoms with van der Waals surface area (Å²) in [5, 5.41) is 13.8. The largest absolute Gasteiger partial charge is 0.469 e. The van der Waals surface area contributed by atoms with Gasteiger partial charge in [0.2, 0.25) is 0 Å². The van der Waals surface area contributed by atoms with Crippen molar-refractivity contribution in [2.45, 2.75) is 24.8 Å². The molecule has 0 unspecified atom stereocenters. The second-order valence-corrected chi connectivity index (χ2v) is 6.94. The summed E-state index contributed by atoms with van der Waals surface area (Å²) in [6.07, 6.45) is 1.60. The van der Waals surface area contributed by atoms with Gasteiger partial charge in [0.15, 0.2) is 0 Å². The first kappa shape index (κ1) is 16.9. The van der Waals surface area contributed by atoms with Crippen LogP contribution in [-0.4, -0.2) is 20.0 Å². The highest BCUT2D eigenvalue weighted by Gasteiger charge is 2.17. The number of rotatable bonds is 5. The molecule has 4 rings (SSSR count). The lowest BCUT2D eigenvalue weighted by Gasteiger charge is -2.02. The highest BCUT2D eigenvalue weighted by molar-refractivity contribution is 7.98. The molecule has 4 aromatic rings. The lowest BCUT2D eigenvalue weighted by molar-refractivity contribution is 0.463. The average molecular weight is 387 g/mol. The van der Waals surface area contributed by atoms with Crippen LogP contribution < -0.4 is 0 Å². The van der Waals surface area contributed by atoms with Gasteiger partial charge in [0, 0.05) is 11.3 Å². The van der Waals surface area contributed by atoms with Crippen molar-refractivity contribution in [1.82, 2.24) is 20.0 Å². The van der Waals surface area contributed by atoms with Gasteiger partial charge < -0.3 is 8.83 Å². The predicted octanol–water partition coefficient (Wildman–Crippen LogP) is 5.08. The number of hydrogen-bond donors (Lipinski definition) is 0. The second-order valence-electron chi connectivity index (χ2n) is 5.65. The highest BCUT2D eigenvalue weighted by atomic mass is 35.5. The number of halogens is 1. The molecule has 0 aliphatic rings. The van der Waals surface area contributed by atoms with Gasteiger partial charge in [0.25, 0.3) is 11.1 Å². The third kappa shape index (κ3) is 3.15. The molecule has 0 spiro atoms. The molecule has 0 radical (unpaired) electrons. The minimum Gasteiger partial charge on any atom is -0.469 e. The monoisotopic (exact) mass is 386 g/mol. The van der Waals surface area contributed by atoms with Crippen LogP contribution in [0.1, 0.15) is 17.0 Å². The zero-order valence-corrected chi connectivity index (χ0v) is 15.7. The summed E-state index contributed by atoms with van der Waals surface area (Å²) in [6.45, 7) is 3.79. The van der Waals surface area contributed by atoms with Crippen LogP contribution in [0.5, 0.6) is 0 Å². The zero-order valence-electron chi connectivity index (χ0n) is 14.1. The molecule has 3 aromatic heterocycles. The third-order valence-electron chi connectivity index (χ3n) is 3.96. The van der Waals surface area contributed by atoms with Crippen molar-refractivity contribution in [1.29, 1.82) is 0 Å². The number of furan rings is 1. The Morgan fingerprint density at radius 3 is 2.65 bits per heavy atom. The molecular weight excluding hydrogens is 372 g/mol. The Hall–Kier alpha value is -2.51. The first-order valence-electron chi connectivity index (χ1n) is 7.93. The van der Waals surface area contributed by atoms with E-state index in [0.717, 1.165) is 28.3 Å². The second kappa shape index (κ2) is 7.01. The number of para-hydroxylation sites is 1. The third-order valence-corrected chi connectivity index (χ3v) is 5.19. The van der Waals surface area contributed by atoms with Gasteiger partial charge in [-0.15, -0.1) is 10.2 Å². The number of nitrogens with zero attached hydrogens (tertiary/aromatic N) is 4. The Morgan fingerprint density at radius 1 is 1.12 bits per heavy atom. The van der Waals surface area contributed by atoms with E-state index in [1.807, 2.05) is 50.2 Å². The minimum atomic E-state index is 0.446. The fourth-order valence-corrected chi connectivity index (χ4v) is 3.82. The fraction of sp³-hybridized carbons (Fsp3) is 0.167. The van der Waals surface area contributed by atoms with Gasteiger partial charge in [-0.1, -0.05) is 41.6 Å². The highest BCUT2D eigenvalue weighted by Crippen LogP contribution is 2.31. The van der Waals surface area contributed by atoms with Gasteiger partial charge in [-0.05, 0) is 32.0 Å². The molecule has 0 saturated carbocycles. The summed E-state index contributed by atoms with van der Waals surface area (Å²) in [5.41, 5.74) is 3.54.